The Balaban J connectivity index is 1.65. The molecule has 240 valence electrons. The molecule has 0 saturated carbocycles. The van der Waals surface area contributed by atoms with Gasteiger partial charge in [-0.15, -0.1) is 0 Å². The number of amides is 5. The highest BCUT2D eigenvalue weighted by atomic mass is 32.2. The molecule has 1 unspecified atom stereocenters. The lowest BCUT2D eigenvalue weighted by atomic mass is 9.72. The van der Waals surface area contributed by atoms with Crippen molar-refractivity contribution in [3.8, 4) is 5.75 Å². The van der Waals surface area contributed by atoms with Gasteiger partial charge in [-0.2, -0.15) is 8.42 Å². The molecule has 0 radical (unpaired) electrons. The lowest BCUT2D eigenvalue weighted by molar-refractivity contribution is -0.153. The molecule has 21 heteroatoms. The maximum absolute atomic E-state index is 15.3. The fraction of sp³-hybridized carbons (Fsp3) is 0.292. The van der Waals surface area contributed by atoms with Crippen LogP contribution in [-0.2, 0) is 31.0 Å². The number of imide groups is 1. The average Bonchev–Trinajstić information content (AvgIpc) is 2.93. The van der Waals surface area contributed by atoms with Gasteiger partial charge in [0.25, 0.3) is 10.2 Å². The molecule has 4 rings (SSSR count). The van der Waals surface area contributed by atoms with E-state index in [1.807, 2.05) is 5.32 Å². The van der Waals surface area contributed by atoms with Crippen molar-refractivity contribution in [3.63, 3.8) is 0 Å². The number of benzene rings is 2. The molecular weight excluding hydrogens is 627 g/mol. The molecule has 0 spiro atoms. The van der Waals surface area contributed by atoms with Gasteiger partial charge in [0.2, 0.25) is 5.91 Å². The van der Waals surface area contributed by atoms with E-state index in [9.17, 15) is 42.5 Å². The molecule has 2 aromatic carbocycles. The SMILES string of the molecule is NCCN1CCN(C(=O)NC(C(=O)N[C@H]2Cc3cccc(C(=O)O)c3OB2O)c2c(F)cc(NS(N)(=O)=O)cc2F)C(=O)C1=O. The summed E-state index contributed by atoms with van der Waals surface area (Å²) in [4.78, 5) is 64.7. The number of para-hydroxylation sites is 1. The van der Waals surface area contributed by atoms with Crippen molar-refractivity contribution in [2.75, 3.05) is 30.9 Å². The second-order valence-corrected chi connectivity index (χ2v) is 11.1. The van der Waals surface area contributed by atoms with Gasteiger partial charge in [0.15, 0.2) is 0 Å². The molecule has 0 aromatic heterocycles. The molecule has 0 bridgehead atoms. The van der Waals surface area contributed by atoms with Crippen LogP contribution in [0.1, 0.15) is 27.5 Å². The van der Waals surface area contributed by atoms with Crippen LogP contribution in [0.25, 0.3) is 0 Å². The van der Waals surface area contributed by atoms with Gasteiger partial charge < -0.3 is 36.1 Å². The predicted molar refractivity (Wildman–Crippen MR) is 149 cm³/mol. The zero-order chi connectivity index (χ0) is 33.2. The van der Waals surface area contributed by atoms with E-state index in [4.69, 9.17) is 15.5 Å². The number of carbonyl (C=O) groups is 5. The Morgan fingerprint density at radius 3 is 2.40 bits per heavy atom. The summed E-state index contributed by atoms with van der Waals surface area (Å²) in [5.41, 5.74) is 3.62. The van der Waals surface area contributed by atoms with Gasteiger partial charge in [-0.1, -0.05) is 12.1 Å². The normalized spacial score (nSPS) is 17.3. The Bertz CT molecular complexity index is 1660. The van der Waals surface area contributed by atoms with Gasteiger partial charge in [-0.05, 0) is 30.2 Å². The maximum atomic E-state index is 15.3. The second-order valence-electron chi connectivity index (χ2n) is 9.85. The van der Waals surface area contributed by atoms with Crippen LogP contribution in [0.5, 0.6) is 5.75 Å². The van der Waals surface area contributed by atoms with Gasteiger partial charge in [0, 0.05) is 26.2 Å². The van der Waals surface area contributed by atoms with Crippen LogP contribution in [0.3, 0.4) is 0 Å². The number of carboxylic acid groups (broad SMARTS) is 1. The van der Waals surface area contributed by atoms with Gasteiger partial charge in [-0.3, -0.25) is 24.0 Å². The van der Waals surface area contributed by atoms with E-state index in [1.165, 1.54) is 18.2 Å². The van der Waals surface area contributed by atoms with Crippen LogP contribution in [0, 0.1) is 11.6 Å². The summed E-state index contributed by atoms with van der Waals surface area (Å²) < 4.78 is 60.3. The number of rotatable bonds is 9. The minimum Gasteiger partial charge on any atom is -0.534 e. The summed E-state index contributed by atoms with van der Waals surface area (Å²) in [6.07, 6.45) is -0.220. The largest absolute Gasteiger partial charge is 0.547 e. The summed E-state index contributed by atoms with van der Waals surface area (Å²) in [6, 6.07) is 1.35. The highest BCUT2D eigenvalue weighted by molar-refractivity contribution is 7.90. The molecular formula is C24H26BF2N7O10S. The molecule has 2 aromatic rings. The Hall–Kier alpha value is -4.86. The predicted octanol–water partition coefficient (Wildman–Crippen LogP) is -2.20. The molecule has 0 aliphatic carbocycles. The first kappa shape index (κ1) is 33.0. The number of aromatic carboxylic acids is 1. The number of piperazine rings is 1. The fourth-order valence-electron chi connectivity index (χ4n) is 4.77. The number of fused-ring (bicyclic) bond motifs is 1. The number of nitrogens with zero attached hydrogens (tertiary/aromatic N) is 2. The Morgan fingerprint density at radius 1 is 1.13 bits per heavy atom. The van der Waals surface area contributed by atoms with E-state index in [0.717, 1.165) is 4.90 Å². The fourth-order valence-corrected chi connectivity index (χ4v) is 5.22. The first-order chi connectivity index (χ1) is 21.1. The Labute approximate surface area is 253 Å². The molecule has 2 aliphatic heterocycles. The highest BCUT2D eigenvalue weighted by Gasteiger charge is 2.42. The van der Waals surface area contributed by atoms with E-state index in [0.29, 0.717) is 17.0 Å². The topological polar surface area (TPSA) is 264 Å². The quantitative estimate of drug-likeness (QED) is 0.113. The lowest BCUT2D eigenvalue weighted by Crippen LogP contribution is -2.60. The summed E-state index contributed by atoms with van der Waals surface area (Å²) >= 11 is 0. The number of halogens is 2. The van der Waals surface area contributed by atoms with Crippen LogP contribution in [0.2, 0.25) is 0 Å². The zero-order valence-corrected chi connectivity index (χ0v) is 23.8. The molecule has 17 nitrogen and oxygen atoms in total. The van der Waals surface area contributed by atoms with Crippen molar-refractivity contribution in [3.05, 3.63) is 58.7 Å². The minimum atomic E-state index is -4.47. The number of hydrogen-bond donors (Lipinski definition) is 7. The summed E-state index contributed by atoms with van der Waals surface area (Å²) in [5.74, 6) is -9.65. The van der Waals surface area contributed by atoms with Gasteiger partial charge in [-0.25, -0.2) is 23.5 Å². The summed E-state index contributed by atoms with van der Waals surface area (Å²) in [7, 11) is -6.33. The van der Waals surface area contributed by atoms with Gasteiger partial charge >= 0.3 is 30.9 Å². The van der Waals surface area contributed by atoms with Gasteiger partial charge in [0.05, 0.1) is 22.8 Å². The van der Waals surface area contributed by atoms with Crippen LogP contribution < -0.4 is 30.9 Å². The van der Waals surface area contributed by atoms with Crippen molar-refractivity contribution < 1.29 is 56.0 Å². The van der Waals surface area contributed by atoms with E-state index in [1.54, 1.807) is 4.72 Å². The second kappa shape index (κ2) is 13.0. The van der Waals surface area contributed by atoms with Crippen LogP contribution >= 0.6 is 0 Å². The molecule has 45 heavy (non-hydrogen) atoms. The van der Waals surface area contributed by atoms with Gasteiger partial charge in [0.1, 0.15) is 23.4 Å². The van der Waals surface area contributed by atoms with E-state index < -0.39 is 81.9 Å². The summed E-state index contributed by atoms with van der Waals surface area (Å²) in [5, 5.41) is 29.1. The smallest absolute Gasteiger partial charge is 0.534 e. The van der Waals surface area contributed by atoms with E-state index in [-0.39, 0.29) is 49.5 Å². The number of anilines is 1. The van der Waals surface area contributed by atoms with Crippen LogP contribution in [0.15, 0.2) is 30.3 Å². The standard InChI is InChI=1S/C24H26BF2N7O10S/c26-14-9-12(32-45(29,42)43)10-15(27)17(14)18(31-24(40)34-7-6-33(5-4-28)21(36)22(34)37)20(35)30-16-8-11-2-1-3-13(23(38)39)19(11)44-25(16)41/h1-3,9-10,16,18,32,41H,4-8,28H2,(H,30,35)(H,31,40)(H,38,39)(H2,29,42,43)/t16-,18?/m0/s1. The molecule has 2 atom stereocenters. The molecule has 1 saturated heterocycles. The number of nitrogens with two attached hydrogens (primary N) is 2. The maximum Gasteiger partial charge on any atom is 0.547 e. The number of nitrogens with one attached hydrogen (secondary N) is 3. The van der Waals surface area contributed by atoms with Crippen molar-refractivity contribution in [2.24, 2.45) is 10.9 Å². The Kier molecular flexibility index (Phi) is 9.56. The lowest BCUT2D eigenvalue weighted by Gasteiger charge is -2.33. The molecule has 2 heterocycles. The van der Waals surface area contributed by atoms with E-state index in [2.05, 4.69) is 5.32 Å². The number of urea groups is 1. The third kappa shape index (κ3) is 7.28. The van der Waals surface area contributed by atoms with Crippen molar-refractivity contribution in [1.29, 1.82) is 0 Å². The van der Waals surface area contributed by atoms with Crippen LogP contribution in [0.4, 0.5) is 19.3 Å². The van der Waals surface area contributed by atoms with Crippen molar-refractivity contribution in [2.45, 2.75) is 18.4 Å². The third-order valence-electron chi connectivity index (χ3n) is 6.79. The molecule has 2 aliphatic rings. The Morgan fingerprint density at radius 2 is 1.80 bits per heavy atom. The van der Waals surface area contributed by atoms with Crippen LogP contribution in [-0.4, -0.2) is 97.3 Å². The third-order valence-corrected chi connectivity index (χ3v) is 7.31. The first-order valence-electron chi connectivity index (χ1n) is 13.0. The highest BCUT2D eigenvalue weighted by Crippen LogP contribution is 2.31. The number of hydrogen-bond acceptors (Lipinski definition) is 10. The number of carboxylic acids is 1. The van der Waals surface area contributed by atoms with Crippen molar-refractivity contribution in [1.82, 2.24) is 20.4 Å². The van der Waals surface area contributed by atoms with E-state index >= 15 is 8.78 Å². The monoisotopic (exact) mass is 653 g/mol. The molecule has 1 fully saturated rings. The summed E-state index contributed by atoms with van der Waals surface area (Å²) in [6.45, 7) is -0.429. The molecule has 5 amide bonds. The number of carbonyl (C=O) groups excluding carboxylic acids is 4. The minimum absolute atomic E-state index is 0.0171. The first-order valence-corrected chi connectivity index (χ1v) is 14.6. The van der Waals surface area contributed by atoms with Crippen molar-refractivity contribution >= 4 is 52.7 Å². The zero-order valence-electron chi connectivity index (χ0n) is 23.0. The average molecular weight is 653 g/mol. The molecule has 9 N–H and O–H groups in total.